The Balaban J connectivity index is 2.03. The summed E-state index contributed by atoms with van der Waals surface area (Å²) < 4.78 is 5.19. The summed E-state index contributed by atoms with van der Waals surface area (Å²) in [6.45, 7) is 0. The Hall–Kier alpha value is -2.14. The molecule has 0 bridgehead atoms. The van der Waals surface area contributed by atoms with Crippen molar-refractivity contribution in [3.63, 3.8) is 0 Å². The van der Waals surface area contributed by atoms with E-state index >= 15 is 0 Å². The van der Waals surface area contributed by atoms with Crippen LogP contribution in [0.1, 0.15) is 5.56 Å². The zero-order valence-electron chi connectivity index (χ0n) is 10.3. The van der Waals surface area contributed by atoms with Gasteiger partial charge in [-0.25, -0.2) is 0 Å². The molecule has 1 aromatic carbocycles. The van der Waals surface area contributed by atoms with Gasteiger partial charge in [0.1, 0.15) is 5.75 Å². The van der Waals surface area contributed by atoms with Crippen LogP contribution in [-0.2, 0) is 11.2 Å². The first-order chi connectivity index (χ1) is 9.19. The molecule has 6 heteroatoms. The van der Waals surface area contributed by atoms with Crippen molar-refractivity contribution in [3.8, 4) is 5.75 Å². The molecular weight excluding hydrogens is 266 g/mol. The summed E-state index contributed by atoms with van der Waals surface area (Å²) in [5.74, 6) is 0.852. The van der Waals surface area contributed by atoms with Crippen LogP contribution in [0.15, 0.2) is 36.4 Å². The molecular formula is C13H12ClN3O2. The van der Waals surface area contributed by atoms with Gasteiger partial charge in [0, 0.05) is 5.56 Å². The van der Waals surface area contributed by atoms with Crippen LogP contribution in [0, 0.1) is 0 Å². The predicted octanol–water partition coefficient (Wildman–Crippen LogP) is 2.32. The fraction of sp³-hybridized carbons (Fsp3) is 0.154. The normalized spacial score (nSPS) is 10.0. The third-order valence-electron chi connectivity index (χ3n) is 2.44. The number of rotatable bonds is 4. The van der Waals surface area contributed by atoms with Gasteiger partial charge in [-0.1, -0.05) is 29.8 Å². The van der Waals surface area contributed by atoms with Crippen molar-refractivity contribution in [1.29, 1.82) is 0 Å². The van der Waals surface area contributed by atoms with Crippen molar-refractivity contribution in [2.45, 2.75) is 6.42 Å². The van der Waals surface area contributed by atoms with Gasteiger partial charge in [0.2, 0.25) is 5.91 Å². The summed E-state index contributed by atoms with van der Waals surface area (Å²) in [6, 6.07) is 10.5. The Morgan fingerprint density at radius 1 is 1.26 bits per heavy atom. The van der Waals surface area contributed by atoms with E-state index in [1.54, 1.807) is 19.2 Å². The van der Waals surface area contributed by atoms with E-state index in [1.807, 2.05) is 24.3 Å². The van der Waals surface area contributed by atoms with Gasteiger partial charge in [0.15, 0.2) is 11.0 Å². The van der Waals surface area contributed by atoms with Crippen LogP contribution in [0.3, 0.4) is 0 Å². The third kappa shape index (κ3) is 3.66. The predicted molar refractivity (Wildman–Crippen MR) is 72.4 cm³/mol. The first-order valence-corrected chi connectivity index (χ1v) is 5.98. The molecule has 0 saturated heterocycles. The molecule has 2 aromatic rings. The van der Waals surface area contributed by atoms with Crippen molar-refractivity contribution < 1.29 is 9.53 Å². The summed E-state index contributed by atoms with van der Waals surface area (Å²) >= 11 is 5.61. The highest BCUT2D eigenvalue weighted by Gasteiger charge is 2.09. The fourth-order valence-corrected chi connectivity index (χ4v) is 1.69. The molecule has 19 heavy (non-hydrogen) atoms. The van der Waals surface area contributed by atoms with Gasteiger partial charge in [-0.05, 0) is 18.2 Å². The number of carbonyl (C=O) groups is 1. The quantitative estimate of drug-likeness (QED) is 0.931. The van der Waals surface area contributed by atoms with E-state index in [0.29, 0.717) is 11.6 Å². The standard InChI is InChI=1S/C13H12ClN3O2/c1-19-10-5-3-2-4-9(10)8-13(18)15-12-7-6-11(14)16-17-12/h2-7H,8H2,1H3,(H,15,17,18). The summed E-state index contributed by atoms with van der Waals surface area (Å²) in [4.78, 5) is 11.9. The number of halogens is 1. The van der Waals surface area contributed by atoms with Crippen LogP contribution in [0.25, 0.3) is 0 Å². The topological polar surface area (TPSA) is 64.1 Å². The molecule has 1 heterocycles. The Kier molecular flexibility index (Phi) is 4.30. The lowest BCUT2D eigenvalue weighted by atomic mass is 10.1. The smallest absolute Gasteiger partial charge is 0.230 e. The van der Waals surface area contributed by atoms with Gasteiger partial charge in [0.25, 0.3) is 0 Å². The second-order valence-corrected chi connectivity index (χ2v) is 4.17. The van der Waals surface area contributed by atoms with E-state index in [9.17, 15) is 4.79 Å². The maximum absolute atomic E-state index is 11.9. The van der Waals surface area contributed by atoms with Crippen LogP contribution < -0.4 is 10.1 Å². The number of anilines is 1. The van der Waals surface area contributed by atoms with E-state index in [-0.39, 0.29) is 17.5 Å². The van der Waals surface area contributed by atoms with Crippen molar-refractivity contribution in [2.75, 3.05) is 12.4 Å². The summed E-state index contributed by atoms with van der Waals surface area (Å²) in [5, 5.41) is 10.3. The SMILES string of the molecule is COc1ccccc1CC(=O)Nc1ccc(Cl)nn1. The number of para-hydroxylation sites is 1. The molecule has 0 aliphatic rings. The van der Waals surface area contributed by atoms with Crippen molar-refractivity contribution in [2.24, 2.45) is 0 Å². The number of nitrogens with one attached hydrogen (secondary N) is 1. The minimum Gasteiger partial charge on any atom is -0.496 e. The van der Waals surface area contributed by atoms with Gasteiger partial charge < -0.3 is 10.1 Å². The summed E-state index contributed by atoms with van der Waals surface area (Å²) in [7, 11) is 1.57. The van der Waals surface area contributed by atoms with Crippen LogP contribution in [0.4, 0.5) is 5.82 Å². The highest BCUT2D eigenvalue weighted by atomic mass is 35.5. The minimum atomic E-state index is -0.193. The van der Waals surface area contributed by atoms with Crippen molar-refractivity contribution in [3.05, 3.63) is 47.1 Å². The molecule has 2 rings (SSSR count). The summed E-state index contributed by atoms with van der Waals surface area (Å²) in [6.07, 6.45) is 0.203. The Labute approximate surface area is 115 Å². The highest BCUT2D eigenvalue weighted by Crippen LogP contribution is 2.18. The largest absolute Gasteiger partial charge is 0.496 e. The second-order valence-electron chi connectivity index (χ2n) is 3.78. The molecule has 5 nitrogen and oxygen atoms in total. The molecule has 98 valence electrons. The molecule has 0 spiro atoms. The Morgan fingerprint density at radius 2 is 2.05 bits per heavy atom. The van der Waals surface area contributed by atoms with Gasteiger partial charge >= 0.3 is 0 Å². The Bertz CT molecular complexity index is 572. The number of hydrogen-bond acceptors (Lipinski definition) is 4. The molecule has 1 aromatic heterocycles. The van der Waals surface area contributed by atoms with E-state index in [2.05, 4.69) is 15.5 Å². The van der Waals surface area contributed by atoms with Crippen LogP contribution in [-0.4, -0.2) is 23.2 Å². The van der Waals surface area contributed by atoms with E-state index in [0.717, 1.165) is 5.56 Å². The number of methoxy groups -OCH3 is 1. The number of carbonyl (C=O) groups excluding carboxylic acids is 1. The maximum atomic E-state index is 11.9. The molecule has 0 fully saturated rings. The first-order valence-electron chi connectivity index (χ1n) is 5.60. The average molecular weight is 278 g/mol. The van der Waals surface area contributed by atoms with Gasteiger partial charge in [-0.15, -0.1) is 10.2 Å². The van der Waals surface area contributed by atoms with E-state index in [4.69, 9.17) is 16.3 Å². The zero-order chi connectivity index (χ0) is 13.7. The monoisotopic (exact) mass is 277 g/mol. The van der Waals surface area contributed by atoms with Crippen LogP contribution in [0.5, 0.6) is 5.75 Å². The van der Waals surface area contributed by atoms with Crippen LogP contribution in [0.2, 0.25) is 5.15 Å². The fourth-order valence-electron chi connectivity index (χ4n) is 1.59. The first kappa shape index (κ1) is 13.3. The third-order valence-corrected chi connectivity index (χ3v) is 2.64. The Morgan fingerprint density at radius 3 is 2.74 bits per heavy atom. The number of amides is 1. The molecule has 0 aliphatic carbocycles. The van der Waals surface area contributed by atoms with E-state index < -0.39 is 0 Å². The molecule has 1 amide bonds. The molecule has 0 radical (unpaired) electrons. The van der Waals surface area contributed by atoms with Crippen LogP contribution >= 0.6 is 11.6 Å². The average Bonchev–Trinajstić information content (AvgIpc) is 2.42. The zero-order valence-corrected chi connectivity index (χ0v) is 11.0. The van der Waals surface area contributed by atoms with Crippen molar-refractivity contribution >= 4 is 23.3 Å². The van der Waals surface area contributed by atoms with E-state index in [1.165, 1.54) is 0 Å². The minimum absolute atomic E-state index is 0.193. The maximum Gasteiger partial charge on any atom is 0.230 e. The summed E-state index contributed by atoms with van der Waals surface area (Å²) in [5.41, 5.74) is 0.810. The highest BCUT2D eigenvalue weighted by molar-refractivity contribution is 6.29. The molecule has 0 saturated carbocycles. The molecule has 0 unspecified atom stereocenters. The molecule has 0 atom stereocenters. The molecule has 1 N–H and O–H groups in total. The number of nitrogens with zero attached hydrogens (tertiary/aromatic N) is 2. The number of benzene rings is 1. The number of hydrogen-bond donors (Lipinski definition) is 1. The van der Waals surface area contributed by atoms with Gasteiger partial charge in [0.05, 0.1) is 13.5 Å². The van der Waals surface area contributed by atoms with Gasteiger partial charge in [-0.2, -0.15) is 0 Å². The number of ether oxygens (including phenoxy) is 1. The second kappa shape index (κ2) is 6.15. The van der Waals surface area contributed by atoms with Crippen molar-refractivity contribution in [1.82, 2.24) is 10.2 Å². The molecule has 0 aliphatic heterocycles. The number of aromatic nitrogens is 2. The lowest BCUT2D eigenvalue weighted by molar-refractivity contribution is -0.115. The lowest BCUT2D eigenvalue weighted by Gasteiger charge is -2.08. The van der Waals surface area contributed by atoms with Gasteiger partial charge in [-0.3, -0.25) is 4.79 Å². The lowest BCUT2D eigenvalue weighted by Crippen LogP contribution is -2.16.